The van der Waals surface area contributed by atoms with Gasteiger partial charge in [0.1, 0.15) is 18.0 Å². The summed E-state index contributed by atoms with van der Waals surface area (Å²) in [5, 5.41) is 2.76. The van der Waals surface area contributed by atoms with Crippen LogP contribution in [0.2, 0.25) is 0 Å². The van der Waals surface area contributed by atoms with Gasteiger partial charge in [0, 0.05) is 6.07 Å². The molecule has 0 spiro atoms. The van der Waals surface area contributed by atoms with Gasteiger partial charge in [0.2, 0.25) is 0 Å². The number of nitrogens with one attached hydrogen (secondary N) is 1. The number of hydrogen-bond donors (Lipinski definition) is 1. The molecule has 122 valence electrons. The maximum absolute atomic E-state index is 11.9. The molecule has 0 atom stereocenters. The van der Waals surface area contributed by atoms with Crippen molar-refractivity contribution in [1.29, 1.82) is 0 Å². The minimum Gasteiger partial charge on any atom is -0.489 e. The lowest BCUT2D eigenvalue weighted by Gasteiger charge is -2.20. The zero-order valence-electron chi connectivity index (χ0n) is 14.1. The van der Waals surface area contributed by atoms with E-state index in [1.165, 1.54) is 0 Å². The number of ether oxygens (including phenoxy) is 2. The lowest BCUT2D eigenvalue weighted by molar-refractivity contribution is 0.0636. The molecule has 0 heterocycles. The van der Waals surface area contributed by atoms with E-state index in [2.05, 4.69) is 5.32 Å². The highest BCUT2D eigenvalue weighted by Crippen LogP contribution is 2.23. The van der Waals surface area contributed by atoms with Crippen LogP contribution in [0.3, 0.4) is 0 Å². The van der Waals surface area contributed by atoms with Crippen molar-refractivity contribution >= 4 is 11.8 Å². The van der Waals surface area contributed by atoms with Crippen molar-refractivity contribution in [3.63, 3.8) is 0 Å². The fraction of sp³-hybridized carbons (Fsp3) is 0.316. The maximum Gasteiger partial charge on any atom is 0.412 e. The molecular weight excluding hydrogens is 290 g/mol. The number of carbonyl (C=O) groups is 1. The Morgan fingerprint density at radius 1 is 1.09 bits per heavy atom. The Kier molecular flexibility index (Phi) is 5.27. The van der Waals surface area contributed by atoms with Gasteiger partial charge in [-0.25, -0.2) is 4.79 Å². The summed E-state index contributed by atoms with van der Waals surface area (Å²) in [5.74, 6) is 0.700. The average Bonchev–Trinajstić information content (AvgIpc) is 2.47. The Bertz CT molecular complexity index is 660. The van der Waals surface area contributed by atoms with Gasteiger partial charge in [-0.05, 0) is 44.9 Å². The summed E-state index contributed by atoms with van der Waals surface area (Å²) in [7, 11) is 0. The van der Waals surface area contributed by atoms with E-state index in [1.54, 1.807) is 0 Å². The normalized spacial score (nSPS) is 11.0. The van der Waals surface area contributed by atoms with E-state index in [4.69, 9.17) is 9.47 Å². The van der Waals surface area contributed by atoms with Gasteiger partial charge in [0.15, 0.2) is 0 Å². The standard InChI is InChI=1S/C19H23NO3/c1-14-10-11-16(22-13-15-8-6-5-7-9-15)12-17(14)20-18(21)23-19(2,3)4/h5-12H,13H2,1-4H3,(H,20,21). The second-order valence-corrected chi connectivity index (χ2v) is 6.38. The molecule has 0 radical (unpaired) electrons. The monoisotopic (exact) mass is 313 g/mol. The molecule has 0 saturated carbocycles. The predicted molar refractivity (Wildman–Crippen MR) is 91.8 cm³/mol. The Morgan fingerprint density at radius 3 is 2.43 bits per heavy atom. The van der Waals surface area contributed by atoms with E-state index in [0.717, 1.165) is 11.1 Å². The first-order chi connectivity index (χ1) is 10.8. The average molecular weight is 313 g/mol. The van der Waals surface area contributed by atoms with Crippen molar-refractivity contribution < 1.29 is 14.3 Å². The fourth-order valence-corrected chi connectivity index (χ4v) is 1.98. The second kappa shape index (κ2) is 7.18. The first kappa shape index (κ1) is 16.9. The molecule has 4 heteroatoms. The van der Waals surface area contributed by atoms with Crippen molar-refractivity contribution in [3.8, 4) is 5.75 Å². The van der Waals surface area contributed by atoms with E-state index in [-0.39, 0.29) is 0 Å². The van der Waals surface area contributed by atoms with Crippen LogP contribution in [0.5, 0.6) is 5.75 Å². The fourth-order valence-electron chi connectivity index (χ4n) is 1.98. The van der Waals surface area contributed by atoms with E-state index in [1.807, 2.05) is 76.2 Å². The van der Waals surface area contributed by atoms with Crippen molar-refractivity contribution in [2.75, 3.05) is 5.32 Å². The summed E-state index contributed by atoms with van der Waals surface area (Å²) in [5.41, 5.74) is 2.20. The molecule has 0 aliphatic carbocycles. The van der Waals surface area contributed by atoms with Gasteiger partial charge in [-0.1, -0.05) is 36.4 Å². The summed E-state index contributed by atoms with van der Waals surface area (Å²) < 4.78 is 11.1. The molecule has 0 aliphatic heterocycles. The Balaban J connectivity index is 2.02. The molecule has 0 fully saturated rings. The van der Waals surface area contributed by atoms with Crippen molar-refractivity contribution in [3.05, 3.63) is 59.7 Å². The van der Waals surface area contributed by atoms with E-state index < -0.39 is 11.7 Å². The Labute approximate surface area is 137 Å². The summed E-state index contributed by atoms with van der Waals surface area (Å²) in [4.78, 5) is 11.9. The second-order valence-electron chi connectivity index (χ2n) is 6.38. The molecule has 0 aromatic heterocycles. The molecule has 0 aliphatic rings. The molecule has 2 aromatic carbocycles. The number of hydrogen-bond acceptors (Lipinski definition) is 3. The largest absolute Gasteiger partial charge is 0.489 e. The quantitative estimate of drug-likeness (QED) is 0.871. The maximum atomic E-state index is 11.9. The smallest absolute Gasteiger partial charge is 0.412 e. The van der Waals surface area contributed by atoms with Crippen molar-refractivity contribution in [2.24, 2.45) is 0 Å². The molecule has 0 unspecified atom stereocenters. The topological polar surface area (TPSA) is 47.6 Å². The van der Waals surface area contributed by atoms with Gasteiger partial charge < -0.3 is 9.47 Å². The SMILES string of the molecule is Cc1ccc(OCc2ccccc2)cc1NC(=O)OC(C)(C)C. The van der Waals surface area contributed by atoms with Crippen molar-refractivity contribution in [2.45, 2.75) is 39.9 Å². The van der Waals surface area contributed by atoms with Crippen LogP contribution < -0.4 is 10.1 Å². The third kappa shape index (κ3) is 5.66. The van der Waals surface area contributed by atoms with E-state index in [0.29, 0.717) is 18.0 Å². The summed E-state index contributed by atoms with van der Waals surface area (Å²) in [6.07, 6.45) is -0.471. The van der Waals surface area contributed by atoms with Gasteiger partial charge in [0.25, 0.3) is 0 Å². The summed E-state index contributed by atoms with van der Waals surface area (Å²) in [6, 6.07) is 15.5. The number of amides is 1. The molecule has 1 amide bonds. The summed E-state index contributed by atoms with van der Waals surface area (Å²) >= 11 is 0. The highest BCUT2D eigenvalue weighted by molar-refractivity contribution is 5.86. The van der Waals surface area contributed by atoms with Crippen LogP contribution in [0.1, 0.15) is 31.9 Å². The lowest BCUT2D eigenvalue weighted by atomic mass is 10.2. The highest BCUT2D eigenvalue weighted by Gasteiger charge is 2.17. The summed E-state index contributed by atoms with van der Waals surface area (Å²) in [6.45, 7) is 7.90. The van der Waals surface area contributed by atoms with E-state index >= 15 is 0 Å². The first-order valence-corrected chi connectivity index (χ1v) is 7.61. The first-order valence-electron chi connectivity index (χ1n) is 7.61. The number of anilines is 1. The Morgan fingerprint density at radius 2 is 1.78 bits per heavy atom. The molecule has 0 bridgehead atoms. The molecule has 1 N–H and O–H groups in total. The third-order valence-electron chi connectivity index (χ3n) is 3.09. The minimum absolute atomic E-state index is 0.471. The van der Waals surface area contributed by atoms with Gasteiger partial charge in [0.05, 0.1) is 5.69 Å². The number of rotatable bonds is 4. The van der Waals surface area contributed by atoms with Crippen molar-refractivity contribution in [1.82, 2.24) is 0 Å². The number of benzene rings is 2. The van der Waals surface area contributed by atoms with E-state index in [9.17, 15) is 4.79 Å². The zero-order chi connectivity index (χ0) is 16.9. The molecule has 2 rings (SSSR count). The molecular formula is C19H23NO3. The number of carbonyl (C=O) groups excluding carboxylic acids is 1. The third-order valence-corrected chi connectivity index (χ3v) is 3.09. The van der Waals surface area contributed by atoms with Crippen LogP contribution in [0.15, 0.2) is 48.5 Å². The number of aryl methyl sites for hydroxylation is 1. The predicted octanol–water partition coefficient (Wildman–Crippen LogP) is 4.92. The van der Waals surface area contributed by atoms with Crippen LogP contribution in [0.25, 0.3) is 0 Å². The van der Waals surface area contributed by atoms with Crippen LogP contribution in [0.4, 0.5) is 10.5 Å². The van der Waals surface area contributed by atoms with Crippen LogP contribution in [-0.4, -0.2) is 11.7 Å². The minimum atomic E-state index is -0.528. The Hall–Kier alpha value is -2.49. The van der Waals surface area contributed by atoms with Crippen LogP contribution in [-0.2, 0) is 11.3 Å². The lowest BCUT2D eigenvalue weighted by Crippen LogP contribution is -2.27. The van der Waals surface area contributed by atoms with Gasteiger partial charge in [-0.15, -0.1) is 0 Å². The zero-order valence-corrected chi connectivity index (χ0v) is 14.1. The van der Waals surface area contributed by atoms with Crippen LogP contribution >= 0.6 is 0 Å². The van der Waals surface area contributed by atoms with Gasteiger partial charge >= 0.3 is 6.09 Å². The van der Waals surface area contributed by atoms with Crippen LogP contribution in [0, 0.1) is 6.92 Å². The molecule has 4 nitrogen and oxygen atoms in total. The molecule has 2 aromatic rings. The molecule has 0 saturated heterocycles. The van der Waals surface area contributed by atoms with Gasteiger partial charge in [-0.2, -0.15) is 0 Å². The highest BCUT2D eigenvalue weighted by atomic mass is 16.6. The van der Waals surface area contributed by atoms with Gasteiger partial charge in [-0.3, -0.25) is 5.32 Å². The molecule has 23 heavy (non-hydrogen) atoms.